The lowest BCUT2D eigenvalue weighted by molar-refractivity contribution is -0.125. The van der Waals surface area contributed by atoms with E-state index in [9.17, 15) is 4.79 Å². The van der Waals surface area contributed by atoms with Crippen LogP contribution in [0.15, 0.2) is 0 Å². The van der Waals surface area contributed by atoms with Gasteiger partial charge in [-0.3, -0.25) is 4.79 Å². The Bertz CT molecular complexity index is 221. The maximum atomic E-state index is 12.0. The summed E-state index contributed by atoms with van der Waals surface area (Å²) in [4.78, 5) is 12.0. The summed E-state index contributed by atoms with van der Waals surface area (Å²) in [5.74, 6) is 0.535. The number of ether oxygens (including phenoxy) is 1. The molecule has 0 aromatic heterocycles. The Morgan fingerprint density at radius 3 is 3.00 bits per heavy atom. The highest BCUT2D eigenvalue weighted by Crippen LogP contribution is 2.15. The molecule has 0 saturated carbocycles. The molecule has 0 aromatic rings. The van der Waals surface area contributed by atoms with Crippen LogP contribution in [0, 0.1) is 5.92 Å². The summed E-state index contributed by atoms with van der Waals surface area (Å²) >= 11 is 0. The Labute approximate surface area is 98.1 Å². The number of hydrogen-bond acceptors (Lipinski definition) is 3. The molecule has 0 radical (unpaired) electrons. The lowest BCUT2D eigenvalue weighted by Gasteiger charge is -2.30. The molecule has 4 heteroatoms. The fourth-order valence-corrected chi connectivity index (χ4v) is 2.07. The first-order valence-electron chi connectivity index (χ1n) is 6.26. The molecule has 0 spiro atoms. The minimum Gasteiger partial charge on any atom is -0.380 e. The molecular weight excluding hydrogens is 204 g/mol. The smallest absolute Gasteiger partial charge is 0.237 e. The predicted octanol–water partition coefficient (Wildman–Crippen LogP) is 0.916. The molecule has 3 atom stereocenters. The fraction of sp³-hybridized carbons (Fsp3) is 0.917. The number of hydrogen-bond donors (Lipinski definition) is 2. The van der Waals surface area contributed by atoms with Crippen LogP contribution in [0.4, 0.5) is 0 Å². The summed E-state index contributed by atoms with van der Waals surface area (Å²) in [5, 5.41) is 6.27. The Morgan fingerprint density at radius 1 is 1.62 bits per heavy atom. The minimum atomic E-state index is -0.0298. The third-order valence-electron chi connectivity index (χ3n) is 3.01. The van der Waals surface area contributed by atoms with Crippen molar-refractivity contribution in [2.45, 2.75) is 45.7 Å². The van der Waals surface area contributed by atoms with Gasteiger partial charge in [0, 0.05) is 12.6 Å². The monoisotopic (exact) mass is 228 g/mol. The van der Waals surface area contributed by atoms with Crippen molar-refractivity contribution >= 4 is 5.91 Å². The van der Waals surface area contributed by atoms with Gasteiger partial charge in [0.25, 0.3) is 0 Å². The Hall–Kier alpha value is -0.610. The molecule has 0 aliphatic carbocycles. The summed E-state index contributed by atoms with van der Waals surface area (Å²) in [6.07, 6.45) is 2.30. The van der Waals surface area contributed by atoms with E-state index in [-0.39, 0.29) is 18.0 Å². The summed E-state index contributed by atoms with van der Waals surface area (Å²) in [6, 6.07) is 0.0567. The van der Waals surface area contributed by atoms with Gasteiger partial charge in [-0.05, 0) is 39.2 Å². The first kappa shape index (κ1) is 13.5. The lowest BCUT2D eigenvalue weighted by atomic mass is 9.92. The molecule has 0 bridgehead atoms. The zero-order valence-electron chi connectivity index (χ0n) is 10.6. The van der Waals surface area contributed by atoms with Gasteiger partial charge >= 0.3 is 0 Å². The third-order valence-corrected chi connectivity index (χ3v) is 3.01. The maximum absolute atomic E-state index is 12.0. The topological polar surface area (TPSA) is 50.4 Å². The van der Waals surface area contributed by atoms with Crippen molar-refractivity contribution in [3.63, 3.8) is 0 Å². The van der Waals surface area contributed by atoms with Crippen molar-refractivity contribution in [1.29, 1.82) is 0 Å². The quantitative estimate of drug-likeness (QED) is 0.735. The van der Waals surface area contributed by atoms with Gasteiger partial charge in [0.05, 0.1) is 12.6 Å². The van der Waals surface area contributed by atoms with Gasteiger partial charge in [0.15, 0.2) is 0 Å². The van der Waals surface area contributed by atoms with E-state index in [1.54, 1.807) is 0 Å². The Morgan fingerprint density at radius 2 is 2.38 bits per heavy atom. The summed E-state index contributed by atoms with van der Waals surface area (Å²) < 4.78 is 5.28. The van der Waals surface area contributed by atoms with Crippen LogP contribution in [0.5, 0.6) is 0 Å². The van der Waals surface area contributed by atoms with E-state index in [0.717, 1.165) is 13.0 Å². The van der Waals surface area contributed by atoms with E-state index in [1.165, 1.54) is 6.42 Å². The van der Waals surface area contributed by atoms with Crippen molar-refractivity contribution in [2.24, 2.45) is 5.92 Å². The number of nitrogens with one attached hydrogen (secondary N) is 2. The number of rotatable bonds is 5. The molecule has 3 unspecified atom stereocenters. The molecule has 94 valence electrons. The number of carbonyl (C=O) groups excluding carboxylic acids is 1. The van der Waals surface area contributed by atoms with Crippen LogP contribution < -0.4 is 10.6 Å². The molecule has 0 aromatic carbocycles. The average molecular weight is 228 g/mol. The van der Waals surface area contributed by atoms with Crippen LogP contribution in [0.25, 0.3) is 0 Å². The maximum Gasteiger partial charge on any atom is 0.237 e. The highest BCUT2D eigenvalue weighted by atomic mass is 16.5. The summed E-state index contributed by atoms with van der Waals surface area (Å²) in [6.45, 7) is 8.29. The van der Waals surface area contributed by atoms with Gasteiger partial charge in [-0.2, -0.15) is 0 Å². The molecule has 16 heavy (non-hydrogen) atoms. The van der Waals surface area contributed by atoms with Gasteiger partial charge in [-0.1, -0.05) is 6.92 Å². The number of amides is 1. The second kappa shape index (κ2) is 6.86. The Balaban J connectivity index is 2.32. The first-order valence-corrected chi connectivity index (χ1v) is 6.26. The van der Waals surface area contributed by atoms with Crippen LogP contribution >= 0.6 is 0 Å². The van der Waals surface area contributed by atoms with E-state index in [0.29, 0.717) is 19.1 Å². The molecule has 4 nitrogen and oxygen atoms in total. The van der Waals surface area contributed by atoms with Crippen LogP contribution in [0.2, 0.25) is 0 Å². The SMILES string of the molecule is CCOCC(C)NC(=O)C1NCCCC1C. The van der Waals surface area contributed by atoms with E-state index in [4.69, 9.17) is 4.74 Å². The van der Waals surface area contributed by atoms with Crippen molar-refractivity contribution in [3.05, 3.63) is 0 Å². The lowest BCUT2D eigenvalue weighted by Crippen LogP contribution is -2.53. The largest absolute Gasteiger partial charge is 0.380 e. The molecule has 1 fully saturated rings. The Kier molecular flexibility index (Phi) is 5.77. The van der Waals surface area contributed by atoms with Gasteiger partial charge in [0.1, 0.15) is 0 Å². The van der Waals surface area contributed by atoms with E-state index in [2.05, 4.69) is 17.6 Å². The standard InChI is InChI=1S/C12H24N2O2/c1-4-16-8-10(3)14-12(15)11-9(2)6-5-7-13-11/h9-11,13H,4-8H2,1-3H3,(H,14,15). The zero-order valence-corrected chi connectivity index (χ0v) is 10.6. The van der Waals surface area contributed by atoms with Crippen LogP contribution in [-0.4, -0.2) is 37.7 Å². The average Bonchev–Trinajstić information content (AvgIpc) is 2.26. The first-order chi connectivity index (χ1) is 7.65. The third kappa shape index (κ3) is 4.10. The van der Waals surface area contributed by atoms with E-state index < -0.39 is 0 Å². The van der Waals surface area contributed by atoms with Crippen molar-refractivity contribution in [3.8, 4) is 0 Å². The van der Waals surface area contributed by atoms with Crippen molar-refractivity contribution in [2.75, 3.05) is 19.8 Å². The normalized spacial score (nSPS) is 27.4. The highest BCUT2D eigenvalue weighted by molar-refractivity contribution is 5.82. The molecule has 1 aliphatic rings. The molecule has 1 heterocycles. The van der Waals surface area contributed by atoms with Crippen LogP contribution in [0.3, 0.4) is 0 Å². The molecule has 1 saturated heterocycles. The van der Waals surface area contributed by atoms with Gasteiger partial charge < -0.3 is 15.4 Å². The fourth-order valence-electron chi connectivity index (χ4n) is 2.07. The zero-order chi connectivity index (χ0) is 12.0. The summed E-state index contributed by atoms with van der Waals surface area (Å²) in [7, 11) is 0. The van der Waals surface area contributed by atoms with E-state index >= 15 is 0 Å². The van der Waals surface area contributed by atoms with Crippen molar-refractivity contribution in [1.82, 2.24) is 10.6 Å². The molecule has 1 rings (SSSR count). The van der Waals surface area contributed by atoms with Gasteiger partial charge in [0.2, 0.25) is 5.91 Å². The molecule has 1 aliphatic heterocycles. The number of carbonyl (C=O) groups is 1. The minimum absolute atomic E-state index is 0.0298. The van der Waals surface area contributed by atoms with E-state index in [1.807, 2.05) is 13.8 Å². The second-order valence-corrected chi connectivity index (χ2v) is 4.62. The highest BCUT2D eigenvalue weighted by Gasteiger charge is 2.27. The predicted molar refractivity (Wildman–Crippen MR) is 64.3 cm³/mol. The molecule has 1 amide bonds. The second-order valence-electron chi connectivity index (χ2n) is 4.62. The summed E-state index contributed by atoms with van der Waals surface area (Å²) in [5.41, 5.74) is 0. The van der Waals surface area contributed by atoms with Crippen molar-refractivity contribution < 1.29 is 9.53 Å². The molecular formula is C12H24N2O2. The van der Waals surface area contributed by atoms with Crippen LogP contribution in [0.1, 0.15) is 33.6 Å². The number of piperidine rings is 1. The van der Waals surface area contributed by atoms with Crippen LogP contribution in [-0.2, 0) is 9.53 Å². The molecule has 2 N–H and O–H groups in total. The van der Waals surface area contributed by atoms with Gasteiger partial charge in [-0.25, -0.2) is 0 Å². The van der Waals surface area contributed by atoms with Gasteiger partial charge in [-0.15, -0.1) is 0 Å².